The van der Waals surface area contributed by atoms with Crippen molar-refractivity contribution >= 4 is 27.7 Å². The predicted molar refractivity (Wildman–Crippen MR) is 248 cm³/mol. The number of aryl methyl sites for hydroxylation is 1. The lowest BCUT2D eigenvalue weighted by Gasteiger charge is -2.36. The van der Waals surface area contributed by atoms with E-state index in [-0.39, 0.29) is 16.4 Å². The molecule has 0 saturated carbocycles. The molecule has 0 amide bonds. The van der Waals surface area contributed by atoms with Crippen LogP contribution in [-0.4, -0.2) is 27.6 Å². The fraction of sp³-hybridized carbons (Fsp3) is 0.444. The number of hydrogen-bond acceptors (Lipinski definition) is 4. The molecule has 0 radical (unpaired) electrons. The van der Waals surface area contributed by atoms with Crippen LogP contribution in [0.2, 0.25) is 0 Å². The van der Waals surface area contributed by atoms with Crippen LogP contribution in [0.25, 0.3) is 38.8 Å². The lowest BCUT2D eigenvalue weighted by atomic mass is 9.72. The molecule has 1 atom stereocenters. The Morgan fingerprint density at radius 3 is 2.03 bits per heavy atom. The minimum Gasteiger partial charge on any atom is -0.475 e. The first-order chi connectivity index (χ1) is 27.7. The van der Waals surface area contributed by atoms with Crippen molar-refractivity contribution < 1.29 is 9.47 Å². The van der Waals surface area contributed by atoms with Crippen LogP contribution in [0.15, 0.2) is 84.0 Å². The summed E-state index contributed by atoms with van der Waals surface area (Å²) in [7, 11) is 0. The zero-order valence-electron chi connectivity index (χ0n) is 38.3. The average Bonchev–Trinajstić information content (AvgIpc) is 3.70. The molecule has 0 N–H and O–H groups in total. The Balaban J connectivity index is 1.35. The maximum atomic E-state index is 7.16. The molecule has 0 aliphatic carbocycles. The van der Waals surface area contributed by atoms with E-state index in [1.54, 1.807) is 0 Å². The van der Waals surface area contributed by atoms with Crippen molar-refractivity contribution in [3.05, 3.63) is 118 Å². The summed E-state index contributed by atoms with van der Waals surface area (Å²) >= 11 is 0. The van der Waals surface area contributed by atoms with Gasteiger partial charge >= 0.3 is 0 Å². The van der Waals surface area contributed by atoms with Gasteiger partial charge in [0.1, 0.15) is 23.9 Å². The van der Waals surface area contributed by atoms with Crippen molar-refractivity contribution in [2.24, 2.45) is 22.7 Å². The third-order valence-electron chi connectivity index (χ3n) is 13.4. The van der Waals surface area contributed by atoms with Gasteiger partial charge in [-0.1, -0.05) is 120 Å². The molecule has 0 unspecified atom stereocenters. The summed E-state index contributed by atoms with van der Waals surface area (Å²) in [6.45, 7) is 35.0. The minimum atomic E-state index is -0.321. The zero-order chi connectivity index (χ0) is 42.5. The van der Waals surface area contributed by atoms with Crippen molar-refractivity contribution in [2.45, 2.75) is 132 Å². The van der Waals surface area contributed by atoms with Crippen LogP contribution in [0, 0.1) is 24.7 Å². The van der Waals surface area contributed by atoms with E-state index in [4.69, 9.17) is 19.5 Å². The van der Waals surface area contributed by atoms with E-state index >= 15 is 0 Å². The number of hydrogen-bond donors (Lipinski definition) is 0. The van der Waals surface area contributed by atoms with E-state index in [0.717, 1.165) is 39.5 Å². The number of fused-ring (bicyclic) bond motifs is 5. The molecule has 59 heavy (non-hydrogen) atoms. The first-order valence-electron chi connectivity index (χ1n) is 22.0. The second kappa shape index (κ2) is 14.4. The summed E-state index contributed by atoms with van der Waals surface area (Å²) in [5.41, 5.74) is 12.8. The number of nitrogens with zero attached hydrogens (tertiary/aromatic N) is 3. The van der Waals surface area contributed by atoms with Gasteiger partial charge < -0.3 is 9.47 Å². The Hall–Kier alpha value is -4.90. The van der Waals surface area contributed by atoms with Crippen LogP contribution < -0.4 is 4.74 Å². The Kier molecular flexibility index (Phi) is 9.96. The fourth-order valence-electron chi connectivity index (χ4n) is 10.7. The predicted octanol–water partition coefficient (Wildman–Crippen LogP) is 14.6. The van der Waals surface area contributed by atoms with Gasteiger partial charge in [0.05, 0.1) is 16.6 Å². The highest BCUT2D eigenvalue weighted by atomic mass is 16.5. The largest absolute Gasteiger partial charge is 0.475 e. The van der Waals surface area contributed by atoms with E-state index in [1.165, 1.54) is 49.7 Å². The molecule has 0 bridgehead atoms. The second-order valence-corrected chi connectivity index (χ2v) is 20.7. The highest BCUT2D eigenvalue weighted by molar-refractivity contribution is 6.12. The van der Waals surface area contributed by atoms with Crippen molar-refractivity contribution in [3.8, 4) is 28.4 Å². The summed E-state index contributed by atoms with van der Waals surface area (Å²) in [4.78, 5) is 10.5. The average molecular weight is 788 g/mol. The van der Waals surface area contributed by atoms with E-state index in [0.29, 0.717) is 42.1 Å². The van der Waals surface area contributed by atoms with Gasteiger partial charge in [0.15, 0.2) is 0 Å². The monoisotopic (exact) mass is 788 g/mol. The summed E-state index contributed by atoms with van der Waals surface area (Å²) in [5, 5.41) is 2.48. The van der Waals surface area contributed by atoms with Crippen molar-refractivity contribution in [2.75, 3.05) is 6.61 Å². The van der Waals surface area contributed by atoms with Gasteiger partial charge in [0, 0.05) is 39.6 Å². The second-order valence-electron chi connectivity index (χ2n) is 20.7. The van der Waals surface area contributed by atoms with Gasteiger partial charge in [0.25, 0.3) is 0 Å². The third-order valence-corrected chi connectivity index (χ3v) is 13.4. The standard InChI is InChI=1S/C54H65N3O2/c1-30(2)39-18-16-19-40(31(3)4)47(39)35-23-36(51-56-54(15,29-58-51)48(32(5)6)33(7)8)25-38(24-35)59-46-28-45-41(22-34(46)9)42-26-37(52(10,11)12)27-44-49(42)57(45)50-43(53(44,13)14)20-17-21-55-50/h16-28,30-33,48H,29H2,1-15H3/t54-/m0/s1. The Morgan fingerprint density at radius 1 is 0.746 bits per heavy atom. The van der Waals surface area contributed by atoms with Crippen LogP contribution in [0.1, 0.15) is 148 Å². The lowest BCUT2D eigenvalue weighted by molar-refractivity contribution is 0.129. The molecule has 0 saturated heterocycles. The van der Waals surface area contributed by atoms with E-state index in [9.17, 15) is 0 Å². The summed E-state index contributed by atoms with van der Waals surface area (Å²) in [6.07, 6.45) is 1.92. The number of aliphatic imine (C=N–C) groups is 1. The van der Waals surface area contributed by atoms with Crippen LogP contribution >= 0.6 is 0 Å². The Labute approximate surface area is 353 Å². The Morgan fingerprint density at radius 2 is 1.41 bits per heavy atom. The molecule has 2 aliphatic rings. The third kappa shape index (κ3) is 6.77. The SMILES string of the molecule is Cc1cc2c3cc(C(C)(C)C)cc4c3n(c2cc1Oc1cc(C2=N[C@](C)(C(C(C)C)C(C)C)CO2)cc(-c2c(C(C)C)cccc2C(C)C)c1)-c1ncccc1C4(C)C. The molecule has 2 aliphatic heterocycles. The molecular formula is C54H65N3O2. The zero-order valence-corrected chi connectivity index (χ0v) is 38.3. The van der Waals surface area contributed by atoms with Crippen LogP contribution in [-0.2, 0) is 15.6 Å². The number of rotatable bonds is 9. The molecule has 0 spiro atoms. The van der Waals surface area contributed by atoms with Gasteiger partial charge in [0.2, 0.25) is 5.90 Å². The van der Waals surface area contributed by atoms with Gasteiger partial charge in [-0.3, -0.25) is 4.57 Å². The number of pyridine rings is 1. The first-order valence-corrected chi connectivity index (χ1v) is 22.0. The molecule has 2 aromatic heterocycles. The molecule has 4 aromatic carbocycles. The van der Waals surface area contributed by atoms with Crippen molar-refractivity contribution in [1.29, 1.82) is 0 Å². The molecule has 0 fully saturated rings. The molecule has 308 valence electrons. The molecule has 8 rings (SSSR count). The maximum Gasteiger partial charge on any atom is 0.216 e. The first kappa shape index (κ1) is 40.9. The van der Waals surface area contributed by atoms with Crippen LogP contribution in [0.5, 0.6) is 11.5 Å². The fourth-order valence-corrected chi connectivity index (χ4v) is 10.7. The quantitative estimate of drug-likeness (QED) is 0.147. The van der Waals surface area contributed by atoms with Crippen molar-refractivity contribution in [3.63, 3.8) is 0 Å². The summed E-state index contributed by atoms with van der Waals surface area (Å²) in [6, 6.07) is 27.1. The van der Waals surface area contributed by atoms with Gasteiger partial charge in [-0.25, -0.2) is 9.98 Å². The summed E-state index contributed by atoms with van der Waals surface area (Å²) < 4.78 is 16.2. The van der Waals surface area contributed by atoms with Crippen LogP contribution in [0.4, 0.5) is 0 Å². The van der Waals surface area contributed by atoms with Gasteiger partial charge in [-0.2, -0.15) is 0 Å². The normalized spacial score (nSPS) is 17.5. The minimum absolute atomic E-state index is 0.00982. The molecule has 5 heteroatoms. The van der Waals surface area contributed by atoms with Crippen LogP contribution in [0.3, 0.4) is 0 Å². The number of ether oxygens (including phenoxy) is 2. The van der Waals surface area contributed by atoms with Crippen molar-refractivity contribution in [1.82, 2.24) is 9.55 Å². The summed E-state index contributed by atoms with van der Waals surface area (Å²) in [5.74, 6) is 5.28. The molecule has 5 nitrogen and oxygen atoms in total. The van der Waals surface area contributed by atoms with Gasteiger partial charge in [-0.05, 0) is 124 Å². The maximum absolute atomic E-state index is 7.16. The van der Waals surface area contributed by atoms with E-state index < -0.39 is 0 Å². The van der Waals surface area contributed by atoms with E-state index in [2.05, 4.69) is 181 Å². The molecule has 4 heterocycles. The topological polar surface area (TPSA) is 48.6 Å². The Bertz CT molecular complexity index is 2610. The smallest absolute Gasteiger partial charge is 0.216 e. The highest BCUT2D eigenvalue weighted by Gasteiger charge is 2.43. The van der Waals surface area contributed by atoms with E-state index in [1.807, 2.05) is 6.20 Å². The molecular weight excluding hydrogens is 723 g/mol. The molecule has 6 aromatic rings. The highest BCUT2D eigenvalue weighted by Crippen LogP contribution is 2.50. The number of aromatic nitrogens is 2. The number of benzene rings is 4. The lowest BCUT2D eigenvalue weighted by Crippen LogP contribution is -2.40. The van der Waals surface area contributed by atoms with Gasteiger partial charge in [-0.15, -0.1) is 0 Å².